The number of aryl methyl sites for hydroxylation is 1. The van der Waals surface area contributed by atoms with Crippen molar-refractivity contribution in [3.63, 3.8) is 0 Å². The van der Waals surface area contributed by atoms with Gasteiger partial charge in [-0.15, -0.1) is 0 Å². The molecule has 2 aromatic carbocycles. The number of carbonyl (C=O) groups excluding carboxylic acids is 1. The Morgan fingerprint density at radius 1 is 1.15 bits per heavy atom. The first-order valence-electron chi connectivity index (χ1n) is 8.85. The summed E-state index contributed by atoms with van der Waals surface area (Å²) in [5, 5.41) is 5.88. The molecule has 0 heterocycles. The van der Waals surface area contributed by atoms with Gasteiger partial charge in [-0.2, -0.15) is 0 Å². The minimum atomic E-state index is -0.278. The fourth-order valence-corrected chi connectivity index (χ4v) is 3.00. The van der Waals surface area contributed by atoms with Crippen molar-refractivity contribution in [2.75, 3.05) is 26.0 Å². The van der Waals surface area contributed by atoms with E-state index in [0.29, 0.717) is 12.5 Å². The van der Waals surface area contributed by atoms with Gasteiger partial charge in [-0.05, 0) is 55.8 Å². The van der Waals surface area contributed by atoms with Crippen molar-refractivity contribution < 1.29 is 9.18 Å². The normalized spacial score (nSPS) is 12.3. The Morgan fingerprint density at radius 2 is 1.85 bits per heavy atom. The number of halogens is 1. The van der Waals surface area contributed by atoms with Gasteiger partial charge in [0.2, 0.25) is 0 Å². The molecule has 0 bridgehead atoms. The third kappa shape index (κ3) is 5.05. The van der Waals surface area contributed by atoms with E-state index in [-0.39, 0.29) is 17.9 Å². The van der Waals surface area contributed by atoms with Crippen LogP contribution in [0.15, 0.2) is 42.5 Å². The molecule has 0 aliphatic carbocycles. The summed E-state index contributed by atoms with van der Waals surface area (Å²) >= 11 is 0. The highest BCUT2D eigenvalue weighted by molar-refractivity contribution is 5.91. The number of hydrogen-bond acceptors (Lipinski definition) is 2. The molecule has 26 heavy (non-hydrogen) atoms. The van der Waals surface area contributed by atoms with Crippen LogP contribution in [0, 0.1) is 12.7 Å². The number of amides is 2. The summed E-state index contributed by atoms with van der Waals surface area (Å²) in [6.45, 7) is 6.57. The van der Waals surface area contributed by atoms with E-state index >= 15 is 0 Å². The molecular formula is C21H28FN3O. The summed E-state index contributed by atoms with van der Waals surface area (Å²) < 4.78 is 13.5. The smallest absolute Gasteiger partial charge is 0.319 e. The summed E-state index contributed by atoms with van der Waals surface area (Å²) in [5.74, 6) is 0.0345. The maximum absolute atomic E-state index is 13.5. The van der Waals surface area contributed by atoms with E-state index in [1.54, 1.807) is 6.07 Å². The zero-order valence-electron chi connectivity index (χ0n) is 16.1. The second-order valence-corrected chi connectivity index (χ2v) is 7.06. The number of rotatable bonds is 6. The summed E-state index contributed by atoms with van der Waals surface area (Å²) in [7, 11) is 3.82. The van der Waals surface area contributed by atoms with E-state index in [1.165, 1.54) is 12.1 Å². The molecule has 1 unspecified atom stereocenters. The van der Waals surface area contributed by atoms with Gasteiger partial charge in [-0.3, -0.25) is 0 Å². The molecule has 0 fully saturated rings. The first kappa shape index (κ1) is 19.9. The molecule has 140 valence electrons. The summed E-state index contributed by atoms with van der Waals surface area (Å²) in [4.78, 5) is 14.4. The molecule has 2 rings (SSSR count). The zero-order valence-corrected chi connectivity index (χ0v) is 16.1. The molecule has 0 aliphatic heterocycles. The van der Waals surface area contributed by atoms with E-state index in [4.69, 9.17) is 0 Å². The van der Waals surface area contributed by atoms with Crippen molar-refractivity contribution in [3.8, 4) is 0 Å². The van der Waals surface area contributed by atoms with E-state index in [1.807, 2.05) is 50.2 Å². The second-order valence-electron chi connectivity index (χ2n) is 7.06. The molecular weight excluding hydrogens is 329 g/mol. The number of urea groups is 1. The van der Waals surface area contributed by atoms with Gasteiger partial charge in [0.25, 0.3) is 0 Å². The third-order valence-corrected chi connectivity index (χ3v) is 4.48. The van der Waals surface area contributed by atoms with Gasteiger partial charge in [0.05, 0.1) is 6.04 Å². The Bertz CT molecular complexity index is 759. The molecule has 0 spiro atoms. The first-order valence-corrected chi connectivity index (χ1v) is 8.85. The molecule has 0 aromatic heterocycles. The molecule has 0 aliphatic rings. The van der Waals surface area contributed by atoms with Gasteiger partial charge in [-0.25, -0.2) is 9.18 Å². The van der Waals surface area contributed by atoms with Gasteiger partial charge in [-0.1, -0.05) is 44.2 Å². The number of para-hydroxylation sites is 1. The molecule has 0 saturated heterocycles. The van der Waals surface area contributed by atoms with Crippen molar-refractivity contribution in [1.29, 1.82) is 0 Å². The number of anilines is 1. The highest BCUT2D eigenvalue weighted by Crippen LogP contribution is 2.27. The molecule has 2 aromatic rings. The van der Waals surface area contributed by atoms with Crippen LogP contribution >= 0.6 is 0 Å². The fraction of sp³-hybridized carbons (Fsp3) is 0.381. The number of nitrogens with one attached hydrogen (secondary N) is 2. The third-order valence-electron chi connectivity index (χ3n) is 4.48. The summed E-state index contributed by atoms with van der Waals surface area (Å²) in [6, 6.07) is 12.1. The Morgan fingerprint density at radius 3 is 2.46 bits per heavy atom. The topological polar surface area (TPSA) is 44.4 Å². The lowest BCUT2D eigenvalue weighted by Crippen LogP contribution is -2.37. The van der Waals surface area contributed by atoms with Crippen LogP contribution in [0.5, 0.6) is 0 Å². The minimum Gasteiger partial charge on any atom is -0.336 e. The van der Waals surface area contributed by atoms with Crippen LogP contribution in [-0.2, 0) is 0 Å². The van der Waals surface area contributed by atoms with Gasteiger partial charge >= 0.3 is 6.03 Å². The van der Waals surface area contributed by atoms with Crippen LogP contribution in [-0.4, -0.2) is 31.6 Å². The van der Waals surface area contributed by atoms with Crippen LogP contribution in [0.4, 0.5) is 14.9 Å². The molecule has 2 N–H and O–H groups in total. The van der Waals surface area contributed by atoms with Crippen molar-refractivity contribution in [2.24, 2.45) is 0 Å². The van der Waals surface area contributed by atoms with Gasteiger partial charge in [0.15, 0.2) is 0 Å². The predicted molar refractivity (Wildman–Crippen MR) is 105 cm³/mol. The monoisotopic (exact) mass is 357 g/mol. The van der Waals surface area contributed by atoms with Crippen LogP contribution in [0.2, 0.25) is 0 Å². The highest BCUT2D eigenvalue weighted by atomic mass is 19.1. The van der Waals surface area contributed by atoms with Gasteiger partial charge in [0.1, 0.15) is 5.82 Å². The average Bonchev–Trinajstić information content (AvgIpc) is 2.56. The highest BCUT2D eigenvalue weighted by Gasteiger charge is 2.17. The number of nitrogens with zero attached hydrogens (tertiary/aromatic N) is 1. The van der Waals surface area contributed by atoms with E-state index < -0.39 is 0 Å². The zero-order chi connectivity index (χ0) is 19.3. The van der Waals surface area contributed by atoms with Crippen molar-refractivity contribution >= 4 is 11.7 Å². The lowest BCUT2D eigenvalue weighted by Gasteiger charge is -2.25. The van der Waals surface area contributed by atoms with Crippen LogP contribution in [0.25, 0.3) is 0 Å². The van der Waals surface area contributed by atoms with Crippen molar-refractivity contribution in [1.82, 2.24) is 10.2 Å². The van der Waals surface area contributed by atoms with Gasteiger partial charge < -0.3 is 15.5 Å². The van der Waals surface area contributed by atoms with Crippen molar-refractivity contribution in [2.45, 2.75) is 32.7 Å². The summed E-state index contributed by atoms with van der Waals surface area (Å²) in [5.41, 5.74) is 3.82. The number of benzene rings is 2. The Hall–Kier alpha value is -2.40. The fourth-order valence-electron chi connectivity index (χ4n) is 3.00. The van der Waals surface area contributed by atoms with Crippen LogP contribution < -0.4 is 10.6 Å². The van der Waals surface area contributed by atoms with Crippen LogP contribution in [0.3, 0.4) is 0 Å². The second kappa shape index (κ2) is 8.81. The molecule has 0 radical (unpaired) electrons. The van der Waals surface area contributed by atoms with E-state index in [0.717, 1.165) is 22.4 Å². The first-order chi connectivity index (χ1) is 12.3. The molecule has 1 atom stereocenters. The lowest BCUT2D eigenvalue weighted by molar-refractivity contribution is 0.243. The SMILES string of the molecule is Cc1cccc(C(C)C)c1NC(=O)NCC(c1cccc(F)c1)N(C)C. The molecule has 5 heteroatoms. The molecule has 4 nitrogen and oxygen atoms in total. The largest absolute Gasteiger partial charge is 0.336 e. The molecule has 2 amide bonds. The Balaban J connectivity index is 2.08. The van der Waals surface area contributed by atoms with Gasteiger partial charge in [0, 0.05) is 12.2 Å². The quantitative estimate of drug-likeness (QED) is 0.788. The standard InChI is InChI=1S/C21H28FN3O/c1-14(2)18-11-6-8-15(3)20(18)24-21(26)23-13-19(25(4)5)16-9-7-10-17(22)12-16/h6-12,14,19H,13H2,1-5H3,(H2,23,24,26). The summed E-state index contributed by atoms with van der Waals surface area (Å²) in [6.07, 6.45) is 0. The minimum absolute atomic E-state index is 0.113. The Kier molecular flexibility index (Phi) is 6.75. The number of likely N-dealkylation sites (N-methyl/N-ethyl adjacent to an activating group) is 1. The lowest BCUT2D eigenvalue weighted by atomic mass is 9.98. The van der Waals surface area contributed by atoms with E-state index in [9.17, 15) is 9.18 Å². The Labute approximate surface area is 155 Å². The predicted octanol–water partition coefficient (Wildman–Crippen LogP) is 4.68. The maximum Gasteiger partial charge on any atom is 0.319 e. The molecule has 0 saturated carbocycles. The van der Waals surface area contributed by atoms with Crippen LogP contribution in [0.1, 0.15) is 42.5 Å². The van der Waals surface area contributed by atoms with Crippen molar-refractivity contribution in [3.05, 3.63) is 65.0 Å². The van der Waals surface area contributed by atoms with E-state index in [2.05, 4.69) is 24.5 Å². The average molecular weight is 357 g/mol. The number of carbonyl (C=O) groups is 1. The maximum atomic E-state index is 13.5. The number of hydrogen-bond donors (Lipinski definition) is 2.